The molecule has 1 aromatic heterocycles. The molecule has 1 aromatic carbocycles. The first kappa shape index (κ1) is 17.4. The van der Waals surface area contributed by atoms with E-state index in [0.717, 1.165) is 30.8 Å². The first-order valence-corrected chi connectivity index (χ1v) is 8.84. The van der Waals surface area contributed by atoms with Crippen LogP contribution in [0.2, 0.25) is 0 Å². The molecule has 1 aliphatic heterocycles. The van der Waals surface area contributed by atoms with E-state index in [-0.39, 0.29) is 12.5 Å². The largest absolute Gasteiger partial charge is 0.467 e. The first-order chi connectivity index (χ1) is 12.0. The maximum atomic E-state index is 12.4. The van der Waals surface area contributed by atoms with E-state index in [1.165, 1.54) is 12.0 Å². The van der Waals surface area contributed by atoms with Crippen LogP contribution in [0.5, 0.6) is 5.88 Å². The van der Waals surface area contributed by atoms with Gasteiger partial charge in [0.2, 0.25) is 5.88 Å². The Morgan fingerprint density at radius 2 is 2.00 bits per heavy atom. The number of aromatic nitrogens is 2. The van der Waals surface area contributed by atoms with Crippen molar-refractivity contribution < 1.29 is 9.53 Å². The number of piperidine rings is 1. The summed E-state index contributed by atoms with van der Waals surface area (Å²) in [5.41, 5.74) is 2.95. The molecule has 2 heterocycles. The van der Waals surface area contributed by atoms with Crippen LogP contribution in [-0.2, 0) is 4.79 Å². The van der Waals surface area contributed by atoms with Crippen molar-refractivity contribution in [3.8, 4) is 17.3 Å². The number of amides is 1. The second-order valence-electron chi connectivity index (χ2n) is 6.91. The summed E-state index contributed by atoms with van der Waals surface area (Å²) in [5, 5.41) is 0. The molecular weight excluding hydrogens is 314 g/mol. The Kier molecular flexibility index (Phi) is 5.31. The average molecular weight is 339 g/mol. The fraction of sp³-hybridized carbons (Fsp3) is 0.450. The van der Waals surface area contributed by atoms with Crippen LogP contribution in [0.3, 0.4) is 0 Å². The van der Waals surface area contributed by atoms with Crippen molar-refractivity contribution in [3.63, 3.8) is 0 Å². The number of carbonyl (C=O) groups excluding carboxylic acids is 1. The zero-order valence-electron chi connectivity index (χ0n) is 15.2. The Morgan fingerprint density at radius 3 is 2.72 bits per heavy atom. The lowest BCUT2D eigenvalue weighted by atomic mass is 10.0. The molecule has 2 aromatic rings. The molecule has 1 fully saturated rings. The number of aryl methyl sites for hydroxylation is 2. The van der Waals surface area contributed by atoms with E-state index in [4.69, 9.17) is 4.74 Å². The number of rotatable bonds is 4. The summed E-state index contributed by atoms with van der Waals surface area (Å²) >= 11 is 0. The second-order valence-corrected chi connectivity index (χ2v) is 6.91. The van der Waals surface area contributed by atoms with E-state index in [9.17, 15) is 4.79 Å². The number of hydrogen-bond donors (Lipinski definition) is 0. The van der Waals surface area contributed by atoms with Crippen molar-refractivity contribution >= 4 is 5.91 Å². The maximum Gasteiger partial charge on any atom is 0.260 e. The average Bonchev–Trinajstić information content (AvgIpc) is 2.60. The third-order valence-electron chi connectivity index (χ3n) is 4.49. The molecule has 0 spiro atoms. The zero-order chi connectivity index (χ0) is 17.8. The highest BCUT2D eigenvalue weighted by molar-refractivity contribution is 5.77. The summed E-state index contributed by atoms with van der Waals surface area (Å²) in [6, 6.07) is 9.82. The van der Waals surface area contributed by atoms with E-state index < -0.39 is 0 Å². The van der Waals surface area contributed by atoms with Crippen LogP contribution in [0, 0.1) is 19.8 Å². The standard InChI is InChI=1S/C20H25N3O2/c1-14-6-8-17(9-7-14)20-21-16(3)11-18(22-20)25-13-19(24)23-10-4-5-15(2)12-23/h6-9,11,15H,4-5,10,12-13H2,1-3H3. The monoisotopic (exact) mass is 339 g/mol. The summed E-state index contributed by atoms with van der Waals surface area (Å²) in [6.07, 6.45) is 2.26. The van der Waals surface area contributed by atoms with Gasteiger partial charge < -0.3 is 9.64 Å². The van der Waals surface area contributed by atoms with Crippen molar-refractivity contribution in [3.05, 3.63) is 41.6 Å². The van der Waals surface area contributed by atoms with Gasteiger partial charge in [-0.2, -0.15) is 4.98 Å². The highest BCUT2D eigenvalue weighted by atomic mass is 16.5. The molecule has 1 saturated heterocycles. The molecule has 1 amide bonds. The molecule has 3 rings (SSSR count). The molecule has 0 radical (unpaired) electrons. The van der Waals surface area contributed by atoms with Crippen molar-refractivity contribution in [2.24, 2.45) is 5.92 Å². The number of nitrogens with zero attached hydrogens (tertiary/aromatic N) is 3. The van der Waals surface area contributed by atoms with Gasteiger partial charge in [-0.25, -0.2) is 4.98 Å². The minimum Gasteiger partial charge on any atom is -0.467 e. The third-order valence-corrected chi connectivity index (χ3v) is 4.49. The molecule has 132 valence electrons. The van der Waals surface area contributed by atoms with Crippen LogP contribution >= 0.6 is 0 Å². The van der Waals surface area contributed by atoms with Gasteiger partial charge in [0.1, 0.15) is 0 Å². The zero-order valence-corrected chi connectivity index (χ0v) is 15.2. The van der Waals surface area contributed by atoms with E-state index >= 15 is 0 Å². The minimum atomic E-state index is 0.0243. The van der Waals surface area contributed by atoms with Crippen LogP contribution < -0.4 is 4.74 Å². The molecule has 1 unspecified atom stereocenters. The topological polar surface area (TPSA) is 55.3 Å². The van der Waals surface area contributed by atoms with Gasteiger partial charge >= 0.3 is 0 Å². The van der Waals surface area contributed by atoms with Gasteiger partial charge in [-0.05, 0) is 32.6 Å². The number of benzene rings is 1. The summed E-state index contributed by atoms with van der Waals surface area (Å²) in [5.74, 6) is 1.65. The Hall–Kier alpha value is -2.43. The smallest absolute Gasteiger partial charge is 0.260 e. The summed E-state index contributed by atoms with van der Waals surface area (Å²) in [7, 11) is 0. The third kappa shape index (κ3) is 4.56. The van der Waals surface area contributed by atoms with E-state index in [1.54, 1.807) is 6.07 Å². The lowest BCUT2D eigenvalue weighted by molar-refractivity contribution is -0.135. The Balaban J connectivity index is 1.68. The normalized spacial score (nSPS) is 17.4. The maximum absolute atomic E-state index is 12.4. The number of ether oxygens (including phenoxy) is 1. The lowest BCUT2D eigenvalue weighted by Crippen LogP contribution is -2.41. The molecule has 0 aliphatic carbocycles. The predicted octanol–water partition coefficient (Wildman–Crippen LogP) is 3.40. The van der Waals surface area contributed by atoms with E-state index in [2.05, 4.69) is 16.9 Å². The van der Waals surface area contributed by atoms with Crippen LogP contribution in [0.15, 0.2) is 30.3 Å². The molecule has 0 bridgehead atoms. The fourth-order valence-corrected chi connectivity index (χ4v) is 3.09. The second kappa shape index (κ2) is 7.64. The lowest BCUT2D eigenvalue weighted by Gasteiger charge is -2.30. The van der Waals surface area contributed by atoms with Crippen LogP contribution in [0.1, 0.15) is 31.0 Å². The van der Waals surface area contributed by atoms with Gasteiger partial charge in [0.15, 0.2) is 12.4 Å². The number of carbonyl (C=O) groups is 1. The molecule has 0 saturated carbocycles. The van der Waals surface area contributed by atoms with E-state index in [0.29, 0.717) is 17.6 Å². The number of hydrogen-bond acceptors (Lipinski definition) is 4. The van der Waals surface area contributed by atoms with Crippen molar-refractivity contribution in [2.45, 2.75) is 33.6 Å². The SMILES string of the molecule is Cc1ccc(-c2nc(C)cc(OCC(=O)N3CCCC(C)C3)n2)cc1. The number of likely N-dealkylation sites (tertiary alicyclic amines) is 1. The fourth-order valence-electron chi connectivity index (χ4n) is 3.09. The van der Waals surface area contributed by atoms with Crippen molar-refractivity contribution in [2.75, 3.05) is 19.7 Å². The summed E-state index contributed by atoms with van der Waals surface area (Å²) in [4.78, 5) is 23.2. The van der Waals surface area contributed by atoms with Crippen molar-refractivity contribution in [1.82, 2.24) is 14.9 Å². The molecule has 0 N–H and O–H groups in total. The van der Waals surface area contributed by atoms with Gasteiger partial charge in [-0.15, -0.1) is 0 Å². The quantitative estimate of drug-likeness (QED) is 0.857. The minimum absolute atomic E-state index is 0.0243. The first-order valence-electron chi connectivity index (χ1n) is 8.84. The van der Waals surface area contributed by atoms with Gasteiger partial charge in [-0.3, -0.25) is 4.79 Å². The Labute approximate surface area is 149 Å². The molecule has 25 heavy (non-hydrogen) atoms. The van der Waals surface area contributed by atoms with Crippen molar-refractivity contribution in [1.29, 1.82) is 0 Å². The van der Waals surface area contributed by atoms with Crippen LogP contribution in [-0.4, -0.2) is 40.5 Å². The van der Waals surface area contributed by atoms with Gasteiger partial charge in [0.05, 0.1) is 0 Å². The molecular formula is C20H25N3O2. The summed E-state index contributed by atoms with van der Waals surface area (Å²) in [6.45, 7) is 7.80. The molecule has 5 heteroatoms. The predicted molar refractivity (Wildman–Crippen MR) is 97.4 cm³/mol. The van der Waals surface area contributed by atoms with Gasteiger partial charge in [0, 0.05) is 30.4 Å². The molecule has 1 atom stereocenters. The highest BCUT2D eigenvalue weighted by Crippen LogP contribution is 2.20. The van der Waals surface area contributed by atoms with E-state index in [1.807, 2.05) is 43.0 Å². The van der Waals surface area contributed by atoms with Crippen LogP contribution in [0.4, 0.5) is 0 Å². The highest BCUT2D eigenvalue weighted by Gasteiger charge is 2.21. The Morgan fingerprint density at radius 1 is 1.24 bits per heavy atom. The van der Waals surface area contributed by atoms with Crippen LogP contribution in [0.25, 0.3) is 11.4 Å². The van der Waals surface area contributed by atoms with Gasteiger partial charge in [-0.1, -0.05) is 36.8 Å². The molecule has 5 nitrogen and oxygen atoms in total. The van der Waals surface area contributed by atoms with Gasteiger partial charge in [0.25, 0.3) is 5.91 Å². The summed E-state index contributed by atoms with van der Waals surface area (Å²) < 4.78 is 5.68. The molecule has 1 aliphatic rings. The Bertz CT molecular complexity index is 743.